The molecule has 0 radical (unpaired) electrons. The van der Waals surface area contributed by atoms with Crippen molar-refractivity contribution in [3.8, 4) is 0 Å². The average Bonchev–Trinajstić information content (AvgIpc) is 3.04. The summed E-state index contributed by atoms with van der Waals surface area (Å²) in [7, 11) is 0. The normalized spacial score (nSPS) is 12.9. The molecule has 3 rings (SSSR count). The van der Waals surface area contributed by atoms with Gasteiger partial charge in [0.05, 0.1) is 12.6 Å². The molecule has 0 spiro atoms. The Hall–Kier alpha value is -1.33. The second kappa shape index (κ2) is 6.20. The van der Waals surface area contributed by atoms with E-state index in [1.807, 2.05) is 29.6 Å². The lowest BCUT2D eigenvalue weighted by atomic mass is 10.1. The van der Waals surface area contributed by atoms with Crippen LogP contribution in [0.3, 0.4) is 0 Å². The van der Waals surface area contributed by atoms with Crippen molar-refractivity contribution in [3.63, 3.8) is 0 Å². The molecule has 3 nitrogen and oxygen atoms in total. The minimum Gasteiger partial charge on any atom is -0.444 e. The SMILES string of the molecule is Cc1ccsc1C(CO)NCc1c(Cl)oc2ccccc12. The van der Waals surface area contributed by atoms with Crippen molar-refractivity contribution in [3.05, 3.63) is 56.9 Å². The van der Waals surface area contributed by atoms with Crippen LogP contribution in [0.5, 0.6) is 0 Å². The molecular weight excluding hydrogens is 306 g/mol. The number of para-hydroxylation sites is 1. The minimum atomic E-state index is -0.0882. The van der Waals surface area contributed by atoms with Gasteiger partial charge in [-0.15, -0.1) is 11.3 Å². The Kier molecular flexibility index (Phi) is 4.31. The van der Waals surface area contributed by atoms with Crippen molar-refractivity contribution < 1.29 is 9.52 Å². The standard InChI is InChI=1S/C16H16ClNO2S/c1-10-6-7-21-15(10)13(9-19)18-8-12-11-4-2-3-5-14(11)20-16(12)17/h2-7,13,18-19H,8-9H2,1H3. The molecule has 110 valence electrons. The Morgan fingerprint density at radius 1 is 1.33 bits per heavy atom. The van der Waals surface area contributed by atoms with Gasteiger partial charge < -0.3 is 14.8 Å². The molecule has 1 unspecified atom stereocenters. The van der Waals surface area contributed by atoms with Crippen molar-refractivity contribution in [2.75, 3.05) is 6.61 Å². The zero-order valence-corrected chi connectivity index (χ0v) is 13.2. The lowest BCUT2D eigenvalue weighted by Gasteiger charge is -2.15. The largest absolute Gasteiger partial charge is 0.444 e. The highest BCUT2D eigenvalue weighted by Crippen LogP contribution is 2.30. The van der Waals surface area contributed by atoms with Crippen LogP contribution in [0.1, 0.15) is 22.0 Å². The summed E-state index contributed by atoms with van der Waals surface area (Å²) in [5.74, 6) is 0. The van der Waals surface area contributed by atoms with Gasteiger partial charge in [0, 0.05) is 22.4 Å². The van der Waals surface area contributed by atoms with Crippen LogP contribution in [0, 0.1) is 6.92 Å². The van der Waals surface area contributed by atoms with Crippen LogP contribution >= 0.6 is 22.9 Å². The second-order valence-corrected chi connectivity index (χ2v) is 6.23. The van der Waals surface area contributed by atoms with Crippen LogP contribution < -0.4 is 5.32 Å². The van der Waals surface area contributed by atoms with E-state index in [4.69, 9.17) is 16.0 Å². The fraction of sp³-hybridized carbons (Fsp3) is 0.250. The molecule has 2 heterocycles. The molecule has 0 aliphatic rings. The number of fused-ring (bicyclic) bond motifs is 1. The van der Waals surface area contributed by atoms with Crippen LogP contribution in [-0.4, -0.2) is 11.7 Å². The van der Waals surface area contributed by atoms with Gasteiger partial charge in [0.15, 0.2) is 5.22 Å². The first-order valence-corrected chi connectivity index (χ1v) is 8.00. The summed E-state index contributed by atoms with van der Waals surface area (Å²) in [5.41, 5.74) is 2.90. The zero-order valence-electron chi connectivity index (χ0n) is 11.6. The van der Waals surface area contributed by atoms with E-state index in [2.05, 4.69) is 18.3 Å². The quantitative estimate of drug-likeness (QED) is 0.737. The number of hydrogen-bond donors (Lipinski definition) is 2. The van der Waals surface area contributed by atoms with E-state index in [1.165, 1.54) is 5.56 Å². The van der Waals surface area contributed by atoms with E-state index in [0.29, 0.717) is 11.8 Å². The summed E-state index contributed by atoms with van der Waals surface area (Å²) in [5, 5.41) is 16.4. The molecule has 0 bridgehead atoms. The maximum absolute atomic E-state index is 9.62. The lowest BCUT2D eigenvalue weighted by molar-refractivity contribution is 0.245. The molecule has 0 saturated heterocycles. The average molecular weight is 322 g/mol. The summed E-state index contributed by atoms with van der Waals surface area (Å²) in [4.78, 5) is 1.15. The summed E-state index contributed by atoms with van der Waals surface area (Å²) >= 11 is 7.83. The number of aryl methyl sites for hydroxylation is 1. The molecule has 2 N–H and O–H groups in total. The molecule has 2 aromatic heterocycles. The molecular formula is C16H16ClNO2S. The van der Waals surface area contributed by atoms with E-state index in [-0.39, 0.29) is 12.6 Å². The molecule has 21 heavy (non-hydrogen) atoms. The molecule has 5 heteroatoms. The lowest BCUT2D eigenvalue weighted by Crippen LogP contribution is -2.23. The third-order valence-corrected chi connectivity index (χ3v) is 5.01. The van der Waals surface area contributed by atoms with E-state index < -0.39 is 0 Å². The van der Waals surface area contributed by atoms with Crippen molar-refractivity contribution in [2.45, 2.75) is 19.5 Å². The van der Waals surface area contributed by atoms with Crippen molar-refractivity contribution >= 4 is 33.9 Å². The van der Waals surface area contributed by atoms with Gasteiger partial charge in [0.25, 0.3) is 0 Å². The molecule has 0 amide bonds. The van der Waals surface area contributed by atoms with Crippen molar-refractivity contribution in [1.82, 2.24) is 5.32 Å². The van der Waals surface area contributed by atoms with E-state index >= 15 is 0 Å². The predicted octanol–water partition coefficient (Wildman–Crippen LogP) is 4.28. The number of hydrogen-bond acceptors (Lipinski definition) is 4. The zero-order chi connectivity index (χ0) is 14.8. The van der Waals surface area contributed by atoms with Crippen molar-refractivity contribution in [1.29, 1.82) is 0 Å². The molecule has 0 aliphatic carbocycles. The fourth-order valence-corrected chi connectivity index (χ4v) is 3.69. The Bertz CT molecular complexity index is 750. The Morgan fingerprint density at radius 2 is 2.14 bits per heavy atom. The van der Waals surface area contributed by atoms with E-state index in [0.717, 1.165) is 21.4 Å². The Balaban J connectivity index is 1.82. The third-order valence-electron chi connectivity index (χ3n) is 3.58. The number of aliphatic hydroxyl groups excluding tert-OH is 1. The molecule has 1 atom stereocenters. The number of aliphatic hydroxyl groups is 1. The van der Waals surface area contributed by atoms with Crippen molar-refractivity contribution in [2.24, 2.45) is 0 Å². The summed E-state index contributed by atoms with van der Waals surface area (Å²) in [6, 6.07) is 9.75. The number of rotatable bonds is 5. The summed E-state index contributed by atoms with van der Waals surface area (Å²) in [6.07, 6.45) is 0. The van der Waals surface area contributed by atoms with Gasteiger partial charge in [-0.05, 0) is 41.6 Å². The van der Waals surface area contributed by atoms with Gasteiger partial charge in [0.2, 0.25) is 0 Å². The monoisotopic (exact) mass is 321 g/mol. The first kappa shape index (κ1) is 14.6. The predicted molar refractivity (Wildman–Crippen MR) is 86.9 cm³/mol. The number of thiophene rings is 1. The van der Waals surface area contributed by atoms with Gasteiger partial charge in [-0.1, -0.05) is 18.2 Å². The van der Waals surface area contributed by atoms with Gasteiger partial charge in [-0.25, -0.2) is 0 Å². The number of halogens is 1. The summed E-state index contributed by atoms with van der Waals surface area (Å²) in [6.45, 7) is 2.66. The van der Waals surface area contributed by atoms with Crippen LogP contribution in [0.2, 0.25) is 5.22 Å². The highest BCUT2D eigenvalue weighted by Gasteiger charge is 2.17. The molecule has 1 aromatic carbocycles. The first-order chi connectivity index (χ1) is 10.2. The van der Waals surface area contributed by atoms with Gasteiger partial charge in [-0.2, -0.15) is 0 Å². The first-order valence-electron chi connectivity index (χ1n) is 6.75. The molecule has 3 aromatic rings. The number of furan rings is 1. The van der Waals surface area contributed by atoms with Crippen LogP contribution in [0.25, 0.3) is 11.0 Å². The Morgan fingerprint density at radius 3 is 2.86 bits per heavy atom. The molecule has 0 aliphatic heterocycles. The minimum absolute atomic E-state index is 0.0504. The number of benzene rings is 1. The molecule has 0 saturated carbocycles. The number of nitrogens with one attached hydrogen (secondary N) is 1. The van der Waals surface area contributed by atoms with Crippen LogP contribution in [0.15, 0.2) is 40.1 Å². The topological polar surface area (TPSA) is 45.4 Å². The molecule has 0 fully saturated rings. The van der Waals surface area contributed by atoms with Gasteiger partial charge in [0.1, 0.15) is 5.58 Å². The van der Waals surface area contributed by atoms with Crippen LogP contribution in [-0.2, 0) is 6.54 Å². The van der Waals surface area contributed by atoms with Gasteiger partial charge >= 0.3 is 0 Å². The van der Waals surface area contributed by atoms with E-state index in [1.54, 1.807) is 11.3 Å². The fourth-order valence-electron chi connectivity index (χ4n) is 2.44. The maximum atomic E-state index is 9.62. The van der Waals surface area contributed by atoms with Gasteiger partial charge in [-0.3, -0.25) is 0 Å². The third kappa shape index (κ3) is 2.85. The van der Waals surface area contributed by atoms with Crippen LogP contribution in [0.4, 0.5) is 0 Å². The highest BCUT2D eigenvalue weighted by atomic mass is 35.5. The second-order valence-electron chi connectivity index (χ2n) is 4.93. The van der Waals surface area contributed by atoms with E-state index in [9.17, 15) is 5.11 Å². The maximum Gasteiger partial charge on any atom is 0.199 e. The highest BCUT2D eigenvalue weighted by molar-refractivity contribution is 7.10. The Labute approximate surface area is 132 Å². The summed E-state index contributed by atoms with van der Waals surface area (Å²) < 4.78 is 5.54. The smallest absolute Gasteiger partial charge is 0.199 e.